The molecule has 3 aromatic rings. The molecule has 2 aromatic carbocycles. The summed E-state index contributed by atoms with van der Waals surface area (Å²) in [7, 11) is 0. The molecule has 5 nitrogen and oxygen atoms in total. The second-order valence-corrected chi connectivity index (χ2v) is 9.97. The lowest BCUT2D eigenvalue weighted by Crippen LogP contribution is -2.34. The van der Waals surface area contributed by atoms with Crippen molar-refractivity contribution >= 4 is 28.8 Å². The van der Waals surface area contributed by atoms with E-state index in [0.717, 1.165) is 22.9 Å². The Bertz CT molecular complexity index is 1130. The minimum absolute atomic E-state index is 0.00141. The van der Waals surface area contributed by atoms with Gasteiger partial charge in [0.1, 0.15) is 5.60 Å². The summed E-state index contributed by atoms with van der Waals surface area (Å²) in [6.07, 6.45) is 0.496. The van der Waals surface area contributed by atoms with E-state index < -0.39 is 5.60 Å². The van der Waals surface area contributed by atoms with E-state index in [0.29, 0.717) is 11.8 Å². The molecule has 1 aromatic heterocycles. The Kier molecular flexibility index (Phi) is 5.60. The van der Waals surface area contributed by atoms with E-state index in [9.17, 15) is 9.59 Å². The monoisotopic (exact) mass is 422 g/mol. The minimum Gasteiger partial charge on any atom is -0.444 e. The number of carbonyl (C=O) groups is 1. The summed E-state index contributed by atoms with van der Waals surface area (Å²) in [5.74, 6) is 0. The van der Waals surface area contributed by atoms with Crippen molar-refractivity contribution in [2.45, 2.75) is 50.0 Å². The highest BCUT2D eigenvalue weighted by atomic mass is 32.2. The number of nitrogens with one attached hydrogen (secondary N) is 1. The lowest BCUT2D eigenvalue weighted by atomic mass is 10.1. The number of aromatic nitrogens is 1. The number of nitrogens with zero attached hydrogens (tertiary/aromatic N) is 1. The van der Waals surface area contributed by atoms with Gasteiger partial charge in [0, 0.05) is 11.3 Å². The zero-order valence-corrected chi connectivity index (χ0v) is 18.2. The maximum Gasteiger partial charge on any atom is 0.408 e. The first-order valence-electron chi connectivity index (χ1n) is 10.1. The Morgan fingerprint density at radius 3 is 2.63 bits per heavy atom. The van der Waals surface area contributed by atoms with Gasteiger partial charge < -0.3 is 14.6 Å². The van der Waals surface area contributed by atoms with Crippen LogP contribution >= 0.6 is 11.8 Å². The molecule has 4 rings (SSSR count). The van der Waals surface area contributed by atoms with Crippen LogP contribution in [0.3, 0.4) is 0 Å². The minimum atomic E-state index is -0.493. The van der Waals surface area contributed by atoms with Crippen LogP contribution in [0.5, 0.6) is 0 Å². The smallest absolute Gasteiger partial charge is 0.408 e. The Balaban J connectivity index is 1.42. The van der Waals surface area contributed by atoms with Gasteiger partial charge in [-0.3, -0.25) is 4.79 Å². The van der Waals surface area contributed by atoms with Crippen molar-refractivity contribution in [3.63, 3.8) is 0 Å². The Hall–Kier alpha value is -2.73. The fourth-order valence-electron chi connectivity index (χ4n) is 3.53. The van der Waals surface area contributed by atoms with Crippen LogP contribution in [0.25, 0.3) is 10.9 Å². The van der Waals surface area contributed by atoms with Gasteiger partial charge in [0.25, 0.3) is 5.56 Å². The topological polar surface area (TPSA) is 60.3 Å². The number of amides is 1. The van der Waals surface area contributed by atoms with Crippen molar-refractivity contribution in [1.82, 2.24) is 9.88 Å². The molecule has 0 radical (unpaired) electrons. The molecule has 30 heavy (non-hydrogen) atoms. The lowest BCUT2D eigenvalue weighted by Gasteiger charge is -2.19. The zero-order valence-electron chi connectivity index (χ0n) is 17.4. The highest BCUT2D eigenvalue weighted by Gasteiger charge is 2.40. The third kappa shape index (κ3) is 5.05. The van der Waals surface area contributed by atoms with E-state index in [1.54, 1.807) is 17.8 Å². The van der Waals surface area contributed by atoms with E-state index in [1.807, 2.05) is 67.8 Å². The molecule has 1 aliphatic rings. The predicted octanol–water partition coefficient (Wildman–Crippen LogP) is 4.56. The summed E-state index contributed by atoms with van der Waals surface area (Å²) in [6, 6.07) is 19.8. The molecule has 0 aliphatic carbocycles. The van der Waals surface area contributed by atoms with Gasteiger partial charge >= 0.3 is 6.09 Å². The number of hydrogen-bond acceptors (Lipinski definition) is 4. The number of alkyl carbamates (subject to hydrolysis) is 1. The quantitative estimate of drug-likeness (QED) is 0.613. The van der Waals surface area contributed by atoms with Gasteiger partial charge in [0.2, 0.25) is 0 Å². The number of carbonyl (C=O) groups excluding carboxylic acids is 1. The van der Waals surface area contributed by atoms with Crippen LogP contribution < -0.4 is 10.9 Å². The summed E-state index contributed by atoms with van der Waals surface area (Å²) in [5, 5.41) is 4.40. The van der Waals surface area contributed by atoms with Crippen molar-refractivity contribution in [2.24, 2.45) is 0 Å². The number of para-hydroxylation sites is 1. The predicted molar refractivity (Wildman–Crippen MR) is 122 cm³/mol. The summed E-state index contributed by atoms with van der Waals surface area (Å²) in [6.45, 7) is 6.11. The molecule has 1 fully saturated rings. The Morgan fingerprint density at radius 1 is 1.07 bits per heavy atom. The molecule has 1 N–H and O–H groups in total. The van der Waals surface area contributed by atoms with Gasteiger partial charge in [-0.1, -0.05) is 42.5 Å². The molecule has 0 bridgehead atoms. The Morgan fingerprint density at radius 2 is 1.83 bits per heavy atom. The maximum atomic E-state index is 12.5. The molecule has 1 amide bonds. The van der Waals surface area contributed by atoms with Crippen molar-refractivity contribution < 1.29 is 9.53 Å². The summed E-state index contributed by atoms with van der Waals surface area (Å²) < 4.78 is 7.14. The third-order valence-electron chi connectivity index (χ3n) is 4.91. The van der Waals surface area contributed by atoms with Crippen LogP contribution in [0.4, 0.5) is 4.79 Å². The summed E-state index contributed by atoms with van der Waals surface area (Å²) >= 11 is 1.73. The number of ether oxygens (including phenoxy) is 1. The van der Waals surface area contributed by atoms with Gasteiger partial charge in [0.05, 0.1) is 17.4 Å². The van der Waals surface area contributed by atoms with E-state index >= 15 is 0 Å². The van der Waals surface area contributed by atoms with Crippen LogP contribution in [-0.4, -0.2) is 26.9 Å². The molecule has 1 aliphatic heterocycles. The van der Waals surface area contributed by atoms with Crippen molar-refractivity contribution in [2.75, 3.05) is 0 Å². The molecular weight excluding hydrogens is 396 g/mol. The normalized spacial score (nSPS) is 18.2. The zero-order chi connectivity index (χ0) is 21.3. The maximum absolute atomic E-state index is 12.5. The number of benzene rings is 2. The van der Waals surface area contributed by atoms with Crippen LogP contribution in [0.2, 0.25) is 0 Å². The van der Waals surface area contributed by atoms with Gasteiger partial charge in [0.15, 0.2) is 0 Å². The molecule has 0 saturated carbocycles. The number of rotatable bonds is 5. The largest absolute Gasteiger partial charge is 0.444 e. The second kappa shape index (κ2) is 8.19. The molecule has 1 saturated heterocycles. The van der Waals surface area contributed by atoms with E-state index in [2.05, 4.69) is 17.4 Å². The van der Waals surface area contributed by atoms with Gasteiger partial charge in [-0.2, -0.15) is 0 Å². The molecule has 0 spiro atoms. The van der Waals surface area contributed by atoms with Crippen molar-refractivity contribution in [3.05, 3.63) is 82.1 Å². The molecular formula is C24H26N2O3S. The van der Waals surface area contributed by atoms with Crippen LogP contribution in [0, 0.1) is 0 Å². The van der Waals surface area contributed by atoms with Crippen molar-refractivity contribution in [3.8, 4) is 0 Å². The molecule has 2 atom stereocenters. The SMILES string of the molecule is CC(C)(C)OC(=O)NC1SC1Cc1cccc(Cn2c(=O)ccc3ccccc32)c1. The van der Waals surface area contributed by atoms with Crippen molar-refractivity contribution in [1.29, 1.82) is 0 Å². The standard InChI is InChI=1S/C24H26N2O3S/c1-24(2,3)29-23(28)25-22-20(30-22)14-16-7-6-8-17(13-16)15-26-19-10-5-4-9-18(19)11-12-21(26)27/h4-13,20,22H,14-15H2,1-3H3,(H,25,28). The van der Waals surface area contributed by atoms with E-state index in [4.69, 9.17) is 4.74 Å². The molecule has 156 valence electrons. The molecule has 2 unspecified atom stereocenters. The van der Waals surface area contributed by atoms with Gasteiger partial charge in [-0.15, -0.1) is 11.8 Å². The highest BCUT2D eigenvalue weighted by Crippen LogP contribution is 2.41. The van der Waals surface area contributed by atoms with Gasteiger partial charge in [-0.25, -0.2) is 4.79 Å². The average molecular weight is 423 g/mol. The first-order valence-corrected chi connectivity index (χ1v) is 11.0. The number of thioether (sulfide) groups is 1. The molecule has 2 heterocycles. The number of pyridine rings is 1. The third-order valence-corrected chi connectivity index (χ3v) is 6.12. The Labute approximate surface area is 180 Å². The lowest BCUT2D eigenvalue weighted by molar-refractivity contribution is 0.0527. The van der Waals surface area contributed by atoms with E-state index in [-0.39, 0.29) is 17.0 Å². The van der Waals surface area contributed by atoms with Crippen LogP contribution in [0.1, 0.15) is 31.9 Å². The fraction of sp³-hybridized carbons (Fsp3) is 0.333. The van der Waals surface area contributed by atoms with Crippen LogP contribution in [0.15, 0.2) is 65.5 Å². The molecule has 6 heteroatoms. The van der Waals surface area contributed by atoms with Crippen LogP contribution in [-0.2, 0) is 17.7 Å². The summed E-state index contributed by atoms with van der Waals surface area (Å²) in [4.78, 5) is 24.4. The number of fused-ring (bicyclic) bond motifs is 1. The first-order chi connectivity index (χ1) is 14.3. The fourth-order valence-corrected chi connectivity index (χ4v) is 4.43. The summed E-state index contributed by atoms with van der Waals surface area (Å²) in [5.41, 5.74) is 2.74. The van der Waals surface area contributed by atoms with E-state index in [1.165, 1.54) is 5.56 Å². The average Bonchev–Trinajstić information content (AvgIpc) is 3.39. The number of hydrogen-bond donors (Lipinski definition) is 1. The highest BCUT2D eigenvalue weighted by molar-refractivity contribution is 8.07. The second-order valence-electron chi connectivity index (χ2n) is 8.58. The first kappa shape index (κ1) is 20.5. The van der Waals surface area contributed by atoms with Gasteiger partial charge in [-0.05, 0) is 55.8 Å².